The second-order valence-corrected chi connectivity index (χ2v) is 4.30. The Hall–Kier alpha value is -2.77. The lowest BCUT2D eigenvalue weighted by atomic mass is 10.2. The number of nitrogens with zero attached hydrogens (tertiary/aromatic N) is 2. The SMILES string of the molecule is O=C(N/N=C\c1cccc([N+](=O)[O-])c1)C(=O)NC1CC1. The first-order chi connectivity index (χ1) is 9.56. The Morgan fingerprint density at radius 1 is 1.35 bits per heavy atom. The fourth-order valence-corrected chi connectivity index (χ4v) is 1.41. The first-order valence-electron chi connectivity index (χ1n) is 5.94. The summed E-state index contributed by atoms with van der Waals surface area (Å²) in [6.45, 7) is 0. The van der Waals surface area contributed by atoms with Gasteiger partial charge in [-0.1, -0.05) is 12.1 Å². The van der Waals surface area contributed by atoms with Gasteiger partial charge in [0.15, 0.2) is 0 Å². The molecule has 2 amide bonds. The number of nitro groups is 1. The molecule has 0 bridgehead atoms. The van der Waals surface area contributed by atoms with E-state index in [9.17, 15) is 19.7 Å². The Morgan fingerprint density at radius 2 is 2.10 bits per heavy atom. The highest BCUT2D eigenvalue weighted by atomic mass is 16.6. The van der Waals surface area contributed by atoms with Gasteiger partial charge < -0.3 is 5.32 Å². The molecule has 0 spiro atoms. The van der Waals surface area contributed by atoms with Crippen molar-refractivity contribution in [1.29, 1.82) is 0 Å². The van der Waals surface area contributed by atoms with E-state index >= 15 is 0 Å². The number of rotatable bonds is 4. The van der Waals surface area contributed by atoms with Crippen LogP contribution in [0.2, 0.25) is 0 Å². The van der Waals surface area contributed by atoms with Crippen LogP contribution in [0, 0.1) is 10.1 Å². The van der Waals surface area contributed by atoms with Gasteiger partial charge in [-0.25, -0.2) is 5.43 Å². The van der Waals surface area contributed by atoms with Crippen molar-refractivity contribution in [3.63, 3.8) is 0 Å². The number of nitrogens with one attached hydrogen (secondary N) is 2. The second-order valence-electron chi connectivity index (χ2n) is 4.30. The third-order valence-corrected chi connectivity index (χ3v) is 2.58. The van der Waals surface area contributed by atoms with E-state index in [0.717, 1.165) is 12.8 Å². The van der Waals surface area contributed by atoms with Crippen molar-refractivity contribution in [1.82, 2.24) is 10.7 Å². The molecule has 1 fully saturated rings. The largest absolute Gasteiger partial charge is 0.345 e. The molecule has 0 heterocycles. The van der Waals surface area contributed by atoms with E-state index in [0.29, 0.717) is 5.56 Å². The van der Waals surface area contributed by atoms with Gasteiger partial charge >= 0.3 is 11.8 Å². The number of carbonyl (C=O) groups is 2. The minimum absolute atomic E-state index is 0.0771. The molecule has 0 unspecified atom stereocenters. The number of hydrogen-bond acceptors (Lipinski definition) is 5. The van der Waals surface area contributed by atoms with Crippen LogP contribution in [0.5, 0.6) is 0 Å². The summed E-state index contributed by atoms with van der Waals surface area (Å²) in [5.41, 5.74) is 2.43. The lowest BCUT2D eigenvalue weighted by Gasteiger charge is -2.00. The standard InChI is InChI=1S/C12H12N4O4/c17-11(14-9-4-5-9)12(18)15-13-7-8-2-1-3-10(6-8)16(19)20/h1-3,6-7,9H,4-5H2,(H,14,17)(H,15,18)/b13-7-. The number of nitro benzene ring substituents is 1. The maximum absolute atomic E-state index is 11.3. The number of hydrazone groups is 1. The third-order valence-electron chi connectivity index (χ3n) is 2.58. The minimum Gasteiger partial charge on any atom is -0.345 e. The molecule has 1 aliphatic rings. The first kappa shape index (κ1) is 13.7. The topological polar surface area (TPSA) is 114 Å². The average molecular weight is 276 g/mol. The molecule has 1 aromatic carbocycles. The van der Waals surface area contributed by atoms with E-state index in [1.54, 1.807) is 6.07 Å². The van der Waals surface area contributed by atoms with E-state index in [4.69, 9.17) is 0 Å². The number of carbonyl (C=O) groups excluding carboxylic acids is 2. The lowest BCUT2D eigenvalue weighted by molar-refractivity contribution is -0.384. The van der Waals surface area contributed by atoms with Crippen molar-refractivity contribution < 1.29 is 14.5 Å². The third kappa shape index (κ3) is 3.87. The summed E-state index contributed by atoms with van der Waals surface area (Å²) < 4.78 is 0. The van der Waals surface area contributed by atoms with E-state index in [-0.39, 0.29) is 11.7 Å². The number of amides is 2. The van der Waals surface area contributed by atoms with E-state index < -0.39 is 16.7 Å². The molecule has 2 rings (SSSR count). The Balaban J connectivity index is 1.88. The predicted octanol–water partition coefficient (Wildman–Crippen LogP) is 0.323. The summed E-state index contributed by atoms with van der Waals surface area (Å²) in [6.07, 6.45) is 3.00. The van der Waals surface area contributed by atoms with Crippen molar-refractivity contribution >= 4 is 23.7 Å². The van der Waals surface area contributed by atoms with Crippen LogP contribution in [0.3, 0.4) is 0 Å². The molecule has 1 aliphatic carbocycles. The van der Waals surface area contributed by atoms with Crippen LogP contribution in [-0.2, 0) is 9.59 Å². The quantitative estimate of drug-likeness (QED) is 0.357. The summed E-state index contributed by atoms with van der Waals surface area (Å²) in [7, 11) is 0. The van der Waals surface area contributed by atoms with Gasteiger partial charge in [-0.3, -0.25) is 19.7 Å². The second kappa shape index (κ2) is 5.91. The summed E-state index contributed by atoms with van der Waals surface area (Å²) in [5.74, 6) is -1.60. The summed E-state index contributed by atoms with van der Waals surface area (Å²) >= 11 is 0. The van der Waals surface area contributed by atoms with Crippen LogP contribution < -0.4 is 10.7 Å². The summed E-state index contributed by atoms with van der Waals surface area (Å²) in [4.78, 5) is 32.7. The molecule has 0 aliphatic heterocycles. The summed E-state index contributed by atoms with van der Waals surface area (Å²) in [5, 5.41) is 16.7. The first-order valence-corrected chi connectivity index (χ1v) is 5.94. The van der Waals surface area contributed by atoms with Gasteiger partial charge in [-0.15, -0.1) is 0 Å². The zero-order chi connectivity index (χ0) is 14.5. The van der Waals surface area contributed by atoms with Gasteiger partial charge in [-0.05, 0) is 12.8 Å². The van der Waals surface area contributed by atoms with Gasteiger partial charge in [-0.2, -0.15) is 5.10 Å². The molecule has 2 N–H and O–H groups in total. The number of benzene rings is 1. The fraction of sp³-hybridized carbons (Fsp3) is 0.250. The predicted molar refractivity (Wildman–Crippen MR) is 70.0 cm³/mol. The van der Waals surface area contributed by atoms with Crippen LogP contribution in [0.1, 0.15) is 18.4 Å². The van der Waals surface area contributed by atoms with Crippen LogP contribution in [0.15, 0.2) is 29.4 Å². The Morgan fingerprint density at radius 3 is 2.75 bits per heavy atom. The van der Waals surface area contributed by atoms with Crippen molar-refractivity contribution in [2.75, 3.05) is 0 Å². The van der Waals surface area contributed by atoms with Gasteiger partial charge in [0.25, 0.3) is 5.69 Å². The van der Waals surface area contributed by atoms with E-state index in [2.05, 4.69) is 15.8 Å². The van der Waals surface area contributed by atoms with Crippen LogP contribution in [-0.4, -0.2) is 29.0 Å². The number of non-ortho nitro benzene ring substituents is 1. The average Bonchev–Trinajstić information content (AvgIpc) is 3.22. The highest BCUT2D eigenvalue weighted by molar-refractivity contribution is 6.35. The van der Waals surface area contributed by atoms with Gasteiger partial charge in [0.05, 0.1) is 11.1 Å². The zero-order valence-corrected chi connectivity index (χ0v) is 10.4. The molecule has 20 heavy (non-hydrogen) atoms. The lowest BCUT2D eigenvalue weighted by Crippen LogP contribution is -2.38. The number of hydrogen-bond donors (Lipinski definition) is 2. The zero-order valence-electron chi connectivity index (χ0n) is 10.4. The van der Waals surface area contributed by atoms with E-state index in [1.165, 1.54) is 24.4 Å². The Labute approximate surface area is 114 Å². The molecule has 0 radical (unpaired) electrons. The molecule has 0 atom stereocenters. The Bertz CT molecular complexity index is 581. The molecule has 104 valence electrons. The molecule has 0 saturated heterocycles. The minimum atomic E-state index is -0.862. The maximum Gasteiger partial charge on any atom is 0.329 e. The molecular formula is C12H12N4O4. The van der Waals surface area contributed by atoms with Gasteiger partial charge in [0, 0.05) is 23.7 Å². The molecule has 1 aromatic rings. The normalized spacial score (nSPS) is 14.0. The highest BCUT2D eigenvalue weighted by Crippen LogP contribution is 2.18. The molecule has 8 heteroatoms. The van der Waals surface area contributed by atoms with Crippen molar-refractivity contribution in [3.05, 3.63) is 39.9 Å². The molecule has 1 saturated carbocycles. The fourth-order valence-electron chi connectivity index (χ4n) is 1.41. The van der Waals surface area contributed by atoms with E-state index in [1.807, 2.05) is 0 Å². The molecular weight excluding hydrogens is 264 g/mol. The monoisotopic (exact) mass is 276 g/mol. The van der Waals surface area contributed by atoms with Crippen molar-refractivity contribution in [3.8, 4) is 0 Å². The van der Waals surface area contributed by atoms with Gasteiger partial charge in [0.2, 0.25) is 0 Å². The smallest absolute Gasteiger partial charge is 0.329 e. The summed E-state index contributed by atoms with van der Waals surface area (Å²) in [6, 6.07) is 5.83. The Kier molecular flexibility index (Phi) is 4.04. The van der Waals surface area contributed by atoms with Gasteiger partial charge in [0.1, 0.15) is 0 Å². The van der Waals surface area contributed by atoms with Crippen molar-refractivity contribution in [2.24, 2.45) is 5.10 Å². The highest BCUT2D eigenvalue weighted by Gasteiger charge is 2.26. The van der Waals surface area contributed by atoms with Crippen LogP contribution >= 0.6 is 0 Å². The van der Waals surface area contributed by atoms with Crippen LogP contribution in [0.4, 0.5) is 5.69 Å². The maximum atomic E-state index is 11.3. The van der Waals surface area contributed by atoms with Crippen molar-refractivity contribution in [2.45, 2.75) is 18.9 Å². The molecule has 0 aromatic heterocycles. The molecule has 8 nitrogen and oxygen atoms in total. The van der Waals surface area contributed by atoms with Crippen LogP contribution in [0.25, 0.3) is 0 Å².